The predicted molar refractivity (Wildman–Crippen MR) is 46.5 cm³/mol. The fourth-order valence-electron chi connectivity index (χ4n) is 0.968. The van der Waals surface area contributed by atoms with Gasteiger partial charge in [0, 0.05) is 0 Å². The highest BCUT2D eigenvalue weighted by Crippen LogP contribution is 2.02. The Kier molecular flexibility index (Phi) is 3.36. The summed E-state index contributed by atoms with van der Waals surface area (Å²) >= 11 is 0. The van der Waals surface area contributed by atoms with Crippen LogP contribution in [0.3, 0.4) is 0 Å². The predicted octanol–water partition coefficient (Wildman–Crippen LogP) is 1.63. The highest BCUT2D eigenvalue weighted by molar-refractivity contribution is 4.97. The molecule has 0 aliphatic heterocycles. The quantitative estimate of drug-likeness (QED) is 0.630. The van der Waals surface area contributed by atoms with E-state index in [0.29, 0.717) is 6.54 Å². The Balaban J connectivity index is 2.28. The van der Waals surface area contributed by atoms with Gasteiger partial charge in [0.2, 0.25) is 6.54 Å². The van der Waals surface area contributed by atoms with Gasteiger partial charge in [-0.25, -0.2) is 6.57 Å². The van der Waals surface area contributed by atoms with Crippen molar-refractivity contribution in [2.45, 2.75) is 6.54 Å². The molecular formula is C9H12N2O. The molecule has 0 aromatic carbocycles. The maximum absolute atomic E-state index is 6.62. The Morgan fingerprint density at radius 1 is 1.67 bits per heavy atom. The summed E-state index contributed by atoms with van der Waals surface area (Å²) in [6.07, 6.45) is 1.66. The highest BCUT2D eigenvalue weighted by atomic mass is 16.3. The molecule has 3 nitrogen and oxygen atoms in total. The molecule has 1 rings (SSSR count). The Morgan fingerprint density at radius 2 is 2.50 bits per heavy atom. The second kappa shape index (κ2) is 4.58. The minimum atomic E-state index is 0.553. The molecular weight excluding hydrogens is 152 g/mol. The monoisotopic (exact) mass is 164 g/mol. The number of furan rings is 1. The van der Waals surface area contributed by atoms with Crippen LogP contribution in [0, 0.1) is 6.57 Å². The second-order valence-electron chi connectivity index (χ2n) is 2.70. The van der Waals surface area contributed by atoms with Crippen LogP contribution >= 0.6 is 0 Å². The van der Waals surface area contributed by atoms with Gasteiger partial charge < -0.3 is 9.26 Å². The molecule has 64 valence electrons. The lowest BCUT2D eigenvalue weighted by molar-refractivity contribution is 0.307. The van der Waals surface area contributed by atoms with Crippen LogP contribution in [0.5, 0.6) is 0 Å². The van der Waals surface area contributed by atoms with E-state index in [4.69, 9.17) is 11.0 Å². The second-order valence-corrected chi connectivity index (χ2v) is 2.70. The molecule has 3 heteroatoms. The van der Waals surface area contributed by atoms with Crippen molar-refractivity contribution in [1.82, 2.24) is 4.90 Å². The summed E-state index contributed by atoms with van der Waals surface area (Å²) in [5.41, 5.74) is 0. The van der Waals surface area contributed by atoms with Gasteiger partial charge in [-0.2, -0.15) is 0 Å². The molecule has 0 saturated carbocycles. The van der Waals surface area contributed by atoms with Gasteiger partial charge in [-0.05, 0) is 19.2 Å². The first-order valence-electron chi connectivity index (χ1n) is 3.87. The maximum Gasteiger partial charge on any atom is 0.227 e. The van der Waals surface area contributed by atoms with Crippen LogP contribution in [0.15, 0.2) is 22.8 Å². The lowest BCUT2D eigenvalue weighted by atomic mass is 10.4. The van der Waals surface area contributed by atoms with Gasteiger partial charge in [0.15, 0.2) is 0 Å². The van der Waals surface area contributed by atoms with Gasteiger partial charge in [-0.1, -0.05) is 0 Å². The van der Waals surface area contributed by atoms with Gasteiger partial charge in [-0.3, -0.25) is 4.90 Å². The zero-order valence-electron chi connectivity index (χ0n) is 7.16. The summed E-state index contributed by atoms with van der Waals surface area (Å²) in [5, 5.41) is 0. The molecule has 1 heterocycles. The van der Waals surface area contributed by atoms with Crippen LogP contribution in [0.2, 0.25) is 0 Å². The first-order valence-corrected chi connectivity index (χ1v) is 3.87. The largest absolute Gasteiger partial charge is 0.468 e. The topological polar surface area (TPSA) is 20.7 Å². The van der Waals surface area contributed by atoms with Crippen molar-refractivity contribution >= 4 is 0 Å². The molecule has 0 radical (unpaired) electrons. The summed E-state index contributed by atoms with van der Waals surface area (Å²) in [7, 11) is 1.98. The minimum absolute atomic E-state index is 0.553. The highest BCUT2D eigenvalue weighted by Gasteiger charge is 2.02. The van der Waals surface area contributed by atoms with Gasteiger partial charge in [0.1, 0.15) is 5.76 Å². The SMILES string of the molecule is [C-]#[N+]CCN(C)Cc1ccco1. The first-order chi connectivity index (χ1) is 5.83. The van der Waals surface area contributed by atoms with Crippen LogP contribution in [0.25, 0.3) is 4.85 Å². The summed E-state index contributed by atoms with van der Waals surface area (Å²) in [6, 6.07) is 3.81. The molecule has 0 spiro atoms. The number of nitrogens with zero attached hydrogens (tertiary/aromatic N) is 2. The van der Waals surface area contributed by atoms with Crippen molar-refractivity contribution in [3.05, 3.63) is 35.6 Å². The molecule has 0 aliphatic carbocycles. The third-order valence-corrected chi connectivity index (χ3v) is 1.60. The molecule has 0 saturated heterocycles. The van der Waals surface area contributed by atoms with Gasteiger partial charge in [-0.15, -0.1) is 0 Å². The fraction of sp³-hybridized carbons (Fsp3) is 0.444. The van der Waals surface area contributed by atoms with E-state index in [9.17, 15) is 0 Å². The van der Waals surface area contributed by atoms with E-state index in [-0.39, 0.29) is 0 Å². The van der Waals surface area contributed by atoms with Gasteiger partial charge in [0.25, 0.3) is 0 Å². The maximum atomic E-state index is 6.62. The first kappa shape index (κ1) is 8.82. The average Bonchev–Trinajstić information content (AvgIpc) is 2.53. The van der Waals surface area contributed by atoms with Crippen molar-refractivity contribution in [1.29, 1.82) is 0 Å². The molecule has 0 fully saturated rings. The van der Waals surface area contributed by atoms with Crippen molar-refractivity contribution < 1.29 is 4.42 Å². The van der Waals surface area contributed by atoms with Crippen molar-refractivity contribution in [3.63, 3.8) is 0 Å². The molecule has 0 aliphatic rings. The van der Waals surface area contributed by atoms with Gasteiger partial charge in [0.05, 0.1) is 19.4 Å². The number of likely N-dealkylation sites (N-methyl/N-ethyl adjacent to an activating group) is 1. The Hall–Kier alpha value is -1.27. The minimum Gasteiger partial charge on any atom is -0.468 e. The van der Waals surface area contributed by atoms with E-state index >= 15 is 0 Å². The van der Waals surface area contributed by atoms with E-state index in [0.717, 1.165) is 18.8 Å². The van der Waals surface area contributed by atoms with E-state index in [1.807, 2.05) is 19.2 Å². The number of hydrogen-bond donors (Lipinski definition) is 0. The zero-order chi connectivity index (χ0) is 8.81. The lowest BCUT2D eigenvalue weighted by Gasteiger charge is -2.10. The average molecular weight is 164 g/mol. The summed E-state index contributed by atoms with van der Waals surface area (Å²) < 4.78 is 5.16. The number of hydrogen-bond acceptors (Lipinski definition) is 2. The Morgan fingerprint density at radius 3 is 3.08 bits per heavy atom. The summed E-state index contributed by atoms with van der Waals surface area (Å²) in [5.74, 6) is 0.947. The van der Waals surface area contributed by atoms with Crippen molar-refractivity contribution in [2.75, 3.05) is 20.1 Å². The molecule has 1 aromatic heterocycles. The molecule has 0 atom stereocenters. The number of rotatable bonds is 4. The van der Waals surface area contributed by atoms with E-state index in [2.05, 4.69) is 9.74 Å². The summed E-state index contributed by atoms with van der Waals surface area (Å²) in [6.45, 7) is 8.75. The normalized spacial score (nSPS) is 10.1. The van der Waals surface area contributed by atoms with Crippen molar-refractivity contribution in [3.8, 4) is 0 Å². The third-order valence-electron chi connectivity index (χ3n) is 1.60. The van der Waals surface area contributed by atoms with Crippen LogP contribution in [0.1, 0.15) is 5.76 Å². The van der Waals surface area contributed by atoms with E-state index < -0.39 is 0 Å². The third kappa shape index (κ3) is 2.77. The van der Waals surface area contributed by atoms with Crippen LogP contribution in [-0.2, 0) is 6.54 Å². The molecule has 0 N–H and O–H groups in total. The van der Waals surface area contributed by atoms with Crippen LogP contribution < -0.4 is 0 Å². The molecule has 1 aromatic rings. The zero-order valence-corrected chi connectivity index (χ0v) is 7.16. The lowest BCUT2D eigenvalue weighted by Crippen LogP contribution is -2.20. The standard InChI is InChI=1S/C9H12N2O/c1-10-5-6-11(2)8-9-4-3-7-12-9/h3-4,7H,5-6,8H2,2H3. The molecule has 0 amide bonds. The molecule has 0 bridgehead atoms. The Labute approximate surface area is 72.4 Å². The van der Waals surface area contributed by atoms with Crippen LogP contribution in [-0.4, -0.2) is 25.0 Å². The van der Waals surface area contributed by atoms with E-state index in [1.54, 1.807) is 6.26 Å². The Bertz CT molecular complexity index is 248. The summed E-state index contributed by atoms with van der Waals surface area (Å²) in [4.78, 5) is 5.35. The molecule has 12 heavy (non-hydrogen) atoms. The van der Waals surface area contributed by atoms with Crippen LogP contribution in [0.4, 0.5) is 0 Å². The van der Waals surface area contributed by atoms with Crippen molar-refractivity contribution in [2.24, 2.45) is 0 Å². The molecule has 0 unspecified atom stereocenters. The van der Waals surface area contributed by atoms with E-state index in [1.165, 1.54) is 0 Å². The van der Waals surface area contributed by atoms with Gasteiger partial charge >= 0.3 is 0 Å². The smallest absolute Gasteiger partial charge is 0.227 e. The fourth-order valence-corrected chi connectivity index (χ4v) is 0.968.